The lowest BCUT2D eigenvalue weighted by molar-refractivity contribution is -0.688. The molecule has 1 heterocycles. The molecule has 0 aliphatic heterocycles. The van der Waals surface area contributed by atoms with Crippen molar-refractivity contribution in [2.24, 2.45) is 0 Å². The summed E-state index contributed by atoms with van der Waals surface area (Å²) in [6.07, 6.45) is 3.79. The Bertz CT molecular complexity index is 692. The van der Waals surface area contributed by atoms with E-state index >= 15 is 0 Å². The molecule has 0 atom stereocenters. The number of hydrogen-bond acceptors (Lipinski definition) is 2. The molecule has 0 radical (unpaired) electrons. The Hall–Kier alpha value is -1.04. The number of carbonyl (C=O) groups is 1. The molecule has 0 unspecified atom stereocenters. The monoisotopic (exact) mass is 449 g/mol. The van der Waals surface area contributed by atoms with Crippen LogP contribution in [0.25, 0.3) is 0 Å². The van der Waals surface area contributed by atoms with E-state index in [1.54, 1.807) is 0 Å². The molecule has 0 saturated carbocycles. The Kier molecular flexibility index (Phi) is 11.7. The second-order valence-electron chi connectivity index (χ2n) is 5.87. The minimum absolute atomic E-state index is 0. The highest BCUT2D eigenvalue weighted by Gasteiger charge is 2.12. The molecule has 0 aliphatic carbocycles. The van der Waals surface area contributed by atoms with Crippen molar-refractivity contribution < 1.29 is 21.8 Å². The number of halogens is 4. The lowest BCUT2D eigenvalue weighted by atomic mass is 10.2. The zero-order valence-electron chi connectivity index (χ0n) is 14.9. The molecule has 0 bridgehead atoms. The fourth-order valence-corrected chi connectivity index (χ4v) is 3.16. The van der Waals surface area contributed by atoms with Crippen LogP contribution in [0.3, 0.4) is 0 Å². The van der Waals surface area contributed by atoms with Crippen molar-refractivity contribution in [1.82, 2.24) is 10.2 Å². The molecule has 1 aromatic heterocycles. The molecular weight excluding hydrogens is 428 g/mol. The van der Waals surface area contributed by atoms with Crippen LogP contribution in [-0.2, 0) is 6.54 Å². The Morgan fingerprint density at radius 3 is 2.33 bits per heavy atom. The van der Waals surface area contributed by atoms with Gasteiger partial charge in [-0.25, -0.2) is 0 Å². The van der Waals surface area contributed by atoms with E-state index in [9.17, 15) is 4.79 Å². The van der Waals surface area contributed by atoms with Crippen LogP contribution >= 0.6 is 34.8 Å². The standard InChI is InChI=1S/C19H22Cl3N3O.ClH/c20-7-11-24(12-8-21)13-9-23-19(26)17-2-1-10-25(15-17)14-16-3-5-18(22)6-4-16;/h1-6,10,15H,7-9,11-14H2;1H. The van der Waals surface area contributed by atoms with Gasteiger partial charge in [0.25, 0.3) is 5.91 Å². The van der Waals surface area contributed by atoms with Gasteiger partial charge in [0, 0.05) is 54.6 Å². The van der Waals surface area contributed by atoms with Gasteiger partial charge in [-0.15, -0.1) is 23.2 Å². The van der Waals surface area contributed by atoms with E-state index in [0.717, 1.165) is 25.2 Å². The van der Waals surface area contributed by atoms with Gasteiger partial charge in [-0.2, -0.15) is 4.57 Å². The molecule has 4 nitrogen and oxygen atoms in total. The number of nitrogens with one attached hydrogen (secondary N) is 1. The second kappa shape index (κ2) is 13.2. The highest BCUT2D eigenvalue weighted by Crippen LogP contribution is 2.09. The van der Waals surface area contributed by atoms with Gasteiger partial charge < -0.3 is 17.7 Å². The van der Waals surface area contributed by atoms with E-state index in [-0.39, 0.29) is 18.3 Å². The van der Waals surface area contributed by atoms with Crippen LogP contribution in [0.15, 0.2) is 48.8 Å². The molecule has 2 rings (SSSR count). The third-order valence-electron chi connectivity index (χ3n) is 3.91. The first-order chi connectivity index (χ1) is 12.6. The number of nitrogens with zero attached hydrogens (tertiary/aromatic N) is 2. The van der Waals surface area contributed by atoms with Crippen molar-refractivity contribution in [3.8, 4) is 0 Å². The van der Waals surface area contributed by atoms with Gasteiger partial charge in [0.05, 0.1) is 0 Å². The molecule has 0 spiro atoms. The lowest BCUT2D eigenvalue weighted by Crippen LogP contribution is -3.00. The predicted octanol–water partition coefficient (Wildman–Crippen LogP) is 0.189. The van der Waals surface area contributed by atoms with Crippen LogP contribution in [0.2, 0.25) is 5.02 Å². The summed E-state index contributed by atoms with van der Waals surface area (Å²) in [5.74, 6) is 1.01. The maximum Gasteiger partial charge on any atom is 0.257 e. The maximum absolute atomic E-state index is 12.4. The van der Waals surface area contributed by atoms with Crippen molar-refractivity contribution in [2.45, 2.75) is 6.54 Å². The number of amides is 1. The number of pyridine rings is 1. The van der Waals surface area contributed by atoms with Crippen LogP contribution in [0.5, 0.6) is 0 Å². The largest absolute Gasteiger partial charge is 1.00 e. The maximum atomic E-state index is 12.4. The van der Waals surface area contributed by atoms with Gasteiger partial charge in [-0.1, -0.05) is 23.7 Å². The Morgan fingerprint density at radius 2 is 1.70 bits per heavy atom. The van der Waals surface area contributed by atoms with E-state index in [1.807, 2.05) is 53.4 Å². The fraction of sp³-hybridized carbons (Fsp3) is 0.368. The van der Waals surface area contributed by atoms with Gasteiger partial charge in [0.15, 0.2) is 18.9 Å². The fourth-order valence-electron chi connectivity index (χ4n) is 2.56. The summed E-state index contributed by atoms with van der Waals surface area (Å²) in [4.78, 5) is 14.5. The van der Waals surface area contributed by atoms with Crippen LogP contribution < -0.4 is 22.3 Å². The van der Waals surface area contributed by atoms with Crippen LogP contribution in [0, 0.1) is 0 Å². The highest BCUT2D eigenvalue weighted by atomic mass is 35.5. The molecule has 0 saturated heterocycles. The number of aromatic nitrogens is 1. The number of alkyl halides is 2. The van der Waals surface area contributed by atoms with Gasteiger partial charge in [0.2, 0.25) is 0 Å². The minimum atomic E-state index is -0.0906. The van der Waals surface area contributed by atoms with E-state index in [0.29, 0.717) is 35.4 Å². The topological polar surface area (TPSA) is 36.2 Å². The first-order valence-electron chi connectivity index (χ1n) is 8.48. The van der Waals surface area contributed by atoms with E-state index in [1.165, 1.54) is 0 Å². The van der Waals surface area contributed by atoms with Crippen molar-refractivity contribution in [3.63, 3.8) is 0 Å². The molecule has 0 aliphatic rings. The molecule has 27 heavy (non-hydrogen) atoms. The first kappa shape index (κ1) is 24.0. The number of carbonyl (C=O) groups excluding carboxylic acids is 1. The molecule has 1 aromatic carbocycles. The van der Waals surface area contributed by atoms with Gasteiger partial charge in [-0.05, 0) is 18.2 Å². The summed E-state index contributed by atoms with van der Waals surface area (Å²) in [5.41, 5.74) is 1.75. The molecule has 0 fully saturated rings. The summed E-state index contributed by atoms with van der Waals surface area (Å²) >= 11 is 17.5. The smallest absolute Gasteiger partial charge is 0.257 e. The average molecular weight is 451 g/mol. The van der Waals surface area contributed by atoms with Gasteiger partial charge >= 0.3 is 0 Å². The van der Waals surface area contributed by atoms with Crippen LogP contribution in [0.1, 0.15) is 15.9 Å². The molecule has 148 valence electrons. The number of benzene rings is 1. The summed E-state index contributed by atoms with van der Waals surface area (Å²) in [7, 11) is 0. The Morgan fingerprint density at radius 1 is 1.04 bits per heavy atom. The summed E-state index contributed by atoms with van der Waals surface area (Å²) in [6, 6.07) is 11.4. The number of rotatable bonds is 10. The van der Waals surface area contributed by atoms with Crippen molar-refractivity contribution in [1.29, 1.82) is 0 Å². The third-order valence-corrected chi connectivity index (χ3v) is 4.50. The van der Waals surface area contributed by atoms with Crippen molar-refractivity contribution in [2.75, 3.05) is 37.9 Å². The molecule has 1 amide bonds. The highest BCUT2D eigenvalue weighted by molar-refractivity contribution is 6.30. The molecule has 2 aromatic rings. The van der Waals surface area contributed by atoms with Crippen molar-refractivity contribution >= 4 is 40.7 Å². The first-order valence-corrected chi connectivity index (χ1v) is 9.93. The number of hydrogen-bond donors (Lipinski definition) is 1. The van der Waals surface area contributed by atoms with Gasteiger partial charge in [0.1, 0.15) is 5.56 Å². The average Bonchev–Trinajstić information content (AvgIpc) is 2.64. The van der Waals surface area contributed by atoms with Crippen LogP contribution in [-0.4, -0.2) is 48.7 Å². The molecule has 1 N–H and O–H groups in total. The second-order valence-corrected chi connectivity index (χ2v) is 7.06. The van der Waals surface area contributed by atoms with E-state index in [4.69, 9.17) is 34.8 Å². The molecule has 8 heteroatoms. The Labute approximate surface area is 181 Å². The molecular formula is C19H23Cl4N3O. The normalized spacial score (nSPS) is 10.5. The summed E-state index contributed by atoms with van der Waals surface area (Å²) in [5, 5.41) is 3.66. The Balaban J connectivity index is 0.00000364. The zero-order chi connectivity index (χ0) is 18.8. The van der Waals surface area contributed by atoms with Crippen molar-refractivity contribution in [3.05, 3.63) is 64.9 Å². The van der Waals surface area contributed by atoms with E-state index < -0.39 is 0 Å². The summed E-state index contributed by atoms with van der Waals surface area (Å²) in [6.45, 7) is 3.48. The lowest BCUT2D eigenvalue weighted by Gasteiger charge is -2.19. The van der Waals surface area contributed by atoms with E-state index in [2.05, 4.69) is 10.2 Å². The predicted molar refractivity (Wildman–Crippen MR) is 107 cm³/mol. The SMILES string of the molecule is O=C(NCCN(CCCl)CCCl)c1ccc[n+](Cc2ccc(Cl)cc2)c1.[Cl-]. The van der Waals surface area contributed by atoms with Gasteiger partial charge in [-0.3, -0.25) is 9.69 Å². The minimum Gasteiger partial charge on any atom is -1.00 e. The quantitative estimate of drug-likeness (QED) is 0.414. The zero-order valence-corrected chi connectivity index (χ0v) is 17.9. The van der Waals surface area contributed by atoms with Crippen LogP contribution in [0.4, 0.5) is 0 Å². The third kappa shape index (κ3) is 8.67. The summed E-state index contributed by atoms with van der Waals surface area (Å²) < 4.78 is 1.98.